The normalized spacial score (nSPS) is 11.8. The molecule has 0 atom stereocenters. The lowest BCUT2D eigenvalue weighted by Crippen LogP contribution is -1.90. The van der Waals surface area contributed by atoms with Crippen LogP contribution >= 0.6 is 0 Å². The van der Waals surface area contributed by atoms with Crippen LogP contribution in [-0.4, -0.2) is 0 Å². The summed E-state index contributed by atoms with van der Waals surface area (Å²) in [4.78, 5) is 0. The zero-order valence-corrected chi connectivity index (χ0v) is 26.5. The van der Waals surface area contributed by atoms with Crippen molar-refractivity contribution in [3.63, 3.8) is 0 Å². The van der Waals surface area contributed by atoms with E-state index in [0.717, 1.165) is 28.4 Å². The van der Waals surface area contributed by atoms with E-state index in [9.17, 15) is 0 Å². The number of rotatable bonds is 6. The highest BCUT2D eigenvalue weighted by Crippen LogP contribution is 2.45. The summed E-state index contributed by atoms with van der Waals surface area (Å²) in [5.41, 5.74) is 10.6. The summed E-state index contributed by atoms with van der Waals surface area (Å²) in [6.07, 6.45) is 3.60. The summed E-state index contributed by atoms with van der Waals surface area (Å²) >= 11 is 0. The van der Waals surface area contributed by atoms with E-state index < -0.39 is 0 Å². The topological polar surface area (TPSA) is 13.1 Å². The molecule has 0 spiro atoms. The van der Waals surface area contributed by atoms with Crippen molar-refractivity contribution in [3.05, 3.63) is 157 Å². The molecule has 1 aromatic heterocycles. The van der Waals surface area contributed by atoms with Gasteiger partial charge in [-0.05, 0) is 114 Å². The Morgan fingerprint density at radius 2 is 1.00 bits per heavy atom. The van der Waals surface area contributed by atoms with Gasteiger partial charge in [0, 0.05) is 10.8 Å². The molecule has 0 amide bonds. The van der Waals surface area contributed by atoms with Crippen LogP contribution < -0.4 is 0 Å². The van der Waals surface area contributed by atoms with E-state index in [1.54, 1.807) is 0 Å². The summed E-state index contributed by atoms with van der Waals surface area (Å²) in [6, 6.07) is 55.5. The molecule has 0 aliphatic carbocycles. The van der Waals surface area contributed by atoms with Crippen molar-refractivity contribution in [1.82, 2.24) is 0 Å². The molecular weight excluding hydrogens is 569 g/mol. The highest BCUT2D eigenvalue weighted by atomic mass is 16.3. The van der Waals surface area contributed by atoms with Crippen LogP contribution in [0.25, 0.3) is 87.6 Å². The van der Waals surface area contributed by atoms with E-state index in [1.807, 2.05) is 0 Å². The third-order valence-corrected chi connectivity index (χ3v) is 9.81. The first kappa shape index (κ1) is 27.6. The van der Waals surface area contributed by atoms with Crippen LogP contribution in [-0.2, 0) is 6.42 Å². The molecule has 9 rings (SSSR count). The molecule has 0 saturated heterocycles. The minimum atomic E-state index is 0.911. The van der Waals surface area contributed by atoms with E-state index in [1.165, 1.54) is 84.1 Å². The predicted octanol–water partition coefficient (Wildman–Crippen LogP) is 13.4. The minimum absolute atomic E-state index is 0.911. The third kappa shape index (κ3) is 4.70. The molecule has 1 nitrogen and oxygen atoms in total. The molecule has 224 valence electrons. The van der Waals surface area contributed by atoms with Crippen molar-refractivity contribution in [2.75, 3.05) is 0 Å². The van der Waals surface area contributed by atoms with Gasteiger partial charge in [0.15, 0.2) is 0 Å². The van der Waals surface area contributed by atoms with E-state index >= 15 is 0 Å². The first-order valence-corrected chi connectivity index (χ1v) is 16.7. The maximum absolute atomic E-state index is 6.50. The van der Waals surface area contributed by atoms with Gasteiger partial charge in [-0.2, -0.15) is 0 Å². The van der Waals surface area contributed by atoms with Gasteiger partial charge < -0.3 is 4.42 Å². The average molecular weight is 603 g/mol. The minimum Gasteiger partial charge on any atom is -0.456 e. The number of unbranched alkanes of at least 4 members (excludes halogenated alkanes) is 1. The van der Waals surface area contributed by atoms with Crippen molar-refractivity contribution in [2.24, 2.45) is 0 Å². The Bertz CT molecular complexity index is 2550. The van der Waals surface area contributed by atoms with Crippen molar-refractivity contribution in [2.45, 2.75) is 26.2 Å². The molecule has 0 fully saturated rings. The SMILES string of the molecule is CCCCc1ccc2cc(-c3ccc4c(c3)oc3ccc(-c5c6ccccc6c(-c6ccccc6)c6ccccc56)cc34)ccc2c1. The number of aryl methyl sites for hydroxylation is 1. The van der Waals surface area contributed by atoms with Gasteiger partial charge in [-0.1, -0.05) is 135 Å². The molecule has 9 aromatic rings. The van der Waals surface area contributed by atoms with Crippen LogP contribution in [0.1, 0.15) is 25.3 Å². The lowest BCUT2D eigenvalue weighted by Gasteiger charge is -2.17. The average Bonchev–Trinajstić information content (AvgIpc) is 3.50. The van der Waals surface area contributed by atoms with Gasteiger partial charge in [0.25, 0.3) is 0 Å². The second-order valence-electron chi connectivity index (χ2n) is 12.7. The van der Waals surface area contributed by atoms with Crippen LogP contribution in [0.2, 0.25) is 0 Å². The second-order valence-corrected chi connectivity index (χ2v) is 12.7. The fourth-order valence-electron chi connectivity index (χ4n) is 7.48. The standard InChI is InChI=1S/C46H34O/c1-2-3-11-30-18-19-33-27-34(21-20-32(33)26-30)35-22-24-37-42-28-36(23-25-43(42)47-44(37)29-35)46-40-16-9-7-14-38(40)45(31-12-5-4-6-13-31)39-15-8-10-17-41(39)46/h4-10,12-29H,2-3,11H2,1H3. The molecule has 8 aromatic carbocycles. The van der Waals surface area contributed by atoms with Crippen LogP contribution in [0.3, 0.4) is 0 Å². The fourth-order valence-corrected chi connectivity index (χ4v) is 7.48. The van der Waals surface area contributed by atoms with Crippen molar-refractivity contribution < 1.29 is 4.42 Å². The summed E-state index contributed by atoms with van der Waals surface area (Å²) in [6.45, 7) is 2.25. The number of furan rings is 1. The van der Waals surface area contributed by atoms with Gasteiger partial charge in [-0.3, -0.25) is 0 Å². The van der Waals surface area contributed by atoms with Crippen LogP contribution in [0.5, 0.6) is 0 Å². The monoisotopic (exact) mass is 602 g/mol. The first-order chi connectivity index (χ1) is 23.2. The Kier molecular flexibility index (Phi) is 6.64. The van der Waals surface area contributed by atoms with Crippen molar-refractivity contribution in [3.8, 4) is 33.4 Å². The summed E-state index contributed by atoms with van der Waals surface area (Å²) in [5, 5.41) is 9.90. The Morgan fingerprint density at radius 1 is 0.404 bits per heavy atom. The molecular formula is C46H34O. The largest absolute Gasteiger partial charge is 0.456 e. The highest BCUT2D eigenvalue weighted by molar-refractivity contribution is 6.22. The maximum atomic E-state index is 6.50. The van der Waals surface area contributed by atoms with Gasteiger partial charge >= 0.3 is 0 Å². The molecule has 0 radical (unpaired) electrons. The summed E-state index contributed by atoms with van der Waals surface area (Å²) in [7, 11) is 0. The molecule has 0 aliphatic heterocycles. The Balaban J connectivity index is 1.17. The van der Waals surface area contributed by atoms with E-state index in [2.05, 4.69) is 159 Å². The fraction of sp³-hybridized carbons (Fsp3) is 0.0870. The molecule has 1 heteroatoms. The Labute approximate surface area is 274 Å². The predicted molar refractivity (Wildman–Crippen MR) is 201 cm³/mol. The smallest absolute Gasteiger partial charge is 0.136 e. The number of fused-ring (bicyclic) bond motifs is 6. The number of benzene rings is 8. The molecule has 1 heterocycles. The molecule has 0 N–H and O–H groups in total. The lowest BCUT2D eigenvalue weighted by atomic mass is 9.86. The summed E-state index contributed by atoms with van der Waals surface area (Å²) in [5.74, 6) is 0. The van der Waals surface area contributed by atoms with Crippen LogP contribution in [0, 0.1) is 0 Å². The summed E-state index contributed by atoms with van der Waals surface area (Å²) < 4.78 is 6.50. The maximum Gasteiger partial charge on any atom is 0.136 e. The van der Waals surface area contributed by atoms with Gasteiger partial charge in [0.2, 0.25) is 0 Å². The highest BCUT2D eigenvalue weighted by Gasteiger charge is 2.18. The van der Waals surface area contributed by atoms with Crippen LogP contribution in [0.4, 0.5) is 0 Å². The number of hydrogen-bond donors (Lipinski definition) is 0. The van der Waals surface area contributed by atoms with E-state index in [4.69, 9.17) is 4.42 Å². The van der Waals surface area contributed by atoms with E-state index in [-0.39, 0.29) is 0 Å². The quantitative estimate of drug-likeness (QED) is 0.173. The molecule has 0 bridgehead atoms. The van der Waals surface area contributed by atoms with Crippen LogP contribution in [0.15, 0.2) is 156 Å². The van der Waals surface area contributed by atoms with E-state index in [0.29, 0.717) is 0 Å². The Morgan fingerprint density at radius 3 is 1.72 bits per heavy atom. The van der Waals surface area contributed by atoms with Crippen molar-refractivity contribution in [1.29, 1.82) is 0 Å². The second kappa shape index (κ2) is 11.3. The Hall–Kier alpha value is -5.66. The third-order valence-electron chi connectivity index (χ3n) is 9.81. The lowest BCUT2D eigenvalue weighted by molar-refractivity contribution is 0.669. The zero-order chi connectivity index (χ0) is 31.3. The van der Waals surface area contributed by atoms with Gasteiger partial charge in [0.1, 0.15) is 11.2 Å². The van der Waals surface area contributed by atoms with Gasteiger partial charge in [-0.25, -0.2) is 0 Å². The molecule has 0 unspecified atom stereocenters. The number of hydrogen-bond acceptors (Lipinski definition) is 1. The first-order valence-electron chi connectivity index (χ1n) is 16.7. The molecule has 0 saturated carbocycles. The van der Waals surface area contributed by atoms with Crippen molar-refractivity contribution >= 4 is 54.3 Å². The molecule has 0 aliphatic rings. The molecule has 47 heavy (non-hydrogen) atoms. The van der Waals surface area contributed by atoms with Gasteiger partial charge in [-0.15, -0.1) is 0 Å². The zero-order valence-electron chi connectivity index (χ0n) is 26.5. The van der Waals surface area contributed by atoms with Gasteiger partial charge in [0.05, 0.1) is 0 Å².